The predicted octanol–water partition coefficient (Wildman–Crippen LogP) is 4.26. The molecule has 8 rings (SSSR count). The number of aromatic nitrogens is 3. The Labute approximate surface area is 425 Å². The van der Waals surface area contributed by atoms with Crippen LogP contribution in [0.15, 0.2) is 49.1 Å². The lowest BCUT2D eigenvalue weighted by molar-refractivity contribution is -0.137. The lowest BCUT2D eigenvalue weighted by atomic mass is 9.82. The average molecular weight is 1020 g/mol. The molecule has 5 amide bonds. The summed E-state index contributed by atoms with van der Waals surface area (Å²) in [5, 5.41) is 9.66. The third-order valence-electron chi connectivity index (χ3n) is 16.0. The molecule has 2 saturated carbocycles. The molecule has 5 heterocycles. The lowest BCUT2D eigenvalue weighted by Gasteiger charge is -2.45. The van der Waals surface area contributed by atoms with Crippen LogP contribution in [0.4, 0.5) is 19.0 Å². The minimum Gasteiger partial charge on any atom is -0.379 e. The van der Waals surface area contributed by atoms with E-state index < -0.39 is 23.7 Å². The first-order valence-corrected chi connectivity index (χ1v) is 26.1. The number of likely N-dealkylation sites (tertiary alicyclic amines) is 2. The zero-order chi connectivity index (χ0) is 51.8. The molecule has 18 nitrogen and oxygen atoms in total. The fraction of sp³-hybridized carbons (Fsp3) is 0.654. The molecule has 0 spiro atoms. The molecule has 2 aliphatic carbocycles. The number of halogens is 3. The van der Waals surface area contributed by atoms with Crippen molar-refractivity contribution in [2.45, 2.75) is 127 Å². The Morgan fingerprint density at radius 1 is 0.890 bits per heavy atom. The monoisotopic (exact) mass is 1020 g/mol. The summed E-state index contributed by atoms with van der Waals surface area (Å²) < 4.78 is 52.2. The van der Waals surface area contributed by atoms with E-state index in [0.717, 1.165) is 62.9 Å². The molecule has 5 fully saturated rings. The topological polar surface area (TPSA) is 195 Å². The third kappa shape index (κ3) is 13.1. The van der Waals surface area contributed by atoms with Crippen LogP contribution >= 0.6 is 0 Å². The van der Waals surface area contributed by atoms with E-state index in [2.05, 4.69) is 61.6 Å². The van der Waals surface area contributed by atoms with Gasteiger partial charge in [0.1, 0.15) is 18.2 Å². The zero-order valence-electron chi connectivity index (χ0n) is 42.5. The van der Waals surface area contributed by atoms with Crippen LogP contribution in [-0.2, 0) is 39.6 Å². The highest BCUT2D eigenvalue weighted by Crippen LogP contribution is 2.38. The largest absolute Gasteiger partial charge is 0.416 e. The van der Waals surface area contributed by atoms with Crippen molar-refractivity contribution in [3.8, 4) is 0 Å². The standard InChI is InChI=1S/C52H72F3N11O7/c1-33(2)62(3)38-12-14-44(66-19-15-42(51(66)71)60-48-39-28-36(52(53,54)55)9-13-41(39)58-32-59-48)43(29-38)61-49(69)34-7-10-37(11-8-34)64-20-22-65(23-21-64)45(67)16-24-72-26-27-73-25-18-57-50(70)40-30-46(68)63(4)47(40)35-6-5-17-56-31-35/h5-6,9,13,17,28,31-34,37-38,40,42-44,47H,7-8,10-12,14-16,18-27,29-30H2,1-4H3,(H,57,70)(H,61,69)(H,58,59,60)/t34?,37?,38-,40+,42+,43-,44+,47-/m1/s1. The second-order valence-electron chi connectivity index (χ2n) is 20.6. The van der Waals surface area contributed by atoms with Crippen LogP contribution in [0, 0.1) is 11.8 Å². The highest BCUT2D eigenvalue weighted by molar-refractivity contribution is 5.93. The van der Waals surface area contributed by atoms with E-state index in [1.165, 1.54) is 12.4 Å². The van der Waals surface area contributed by atoms with Gasteiger partial charge in [-0.2, -0.15) is 13.2 Å². The summed E-state index contributed by atoms with van der Waals surface area (Å²) in [6, 6.07) is 6.31. The lowest BCUT2D eigenvalue weighted by Crippen LogP contribution is -2.59. The molecule has 6 atom stereocenters. The van der Waals surface area contributed by atoms with Crippen LogP contribution in [-0.4, -0.2) is 185 Å². The molecule has 3 N–H and O–H groups in total. The molecule has 73 heavy (non-hydrogen) atoms. The van der Waals surface area contributed by atoms with Crippen molar-refractivity contribution in [2.75, 3.05) is 85.1 Å². The molecular formula is C52H72F3N11O7. The van der Waals surface area contributed by atoms with E-state index in [0.29, 0.717) is 82.9 Å². The van der Waals surface area contributed by atoms with E-state index in [9.17, 15) is 37.1 Å². The molecular weight excluding hydrogens is 948 g/mol. The minimum absolute atomic E-state index is 0.0199. The van der Waals surface area contributed by atoms with Gasteiger partial charge < -0.3 is 45.0 Å². The van der Waals surface area contributed by atoms with E-state index >= 15 is 0 Å². The van der Waals surface area contributed by atoms with Crippen LogP contribution in [0.1, 0.15) is 95.2 Å². The van der Waals surface area contributed by atoms with E-state index in [-0.39, 0.29) is 90.3 Å². The number of hydrogen-bond acceptors (Lipinski definition) is 13. The molecule has 3 saturated heterocycles. The molecule has 21 heteroatoms. The number of pyridine rings is 1. The van der Waals surface area contributed by atoms with E-state index in [1.54, 1.807) is 30.4 Å². The first kappa shape index (κ1) is 53.8. The molecule has 5 aliphatic rings. The Kier molecular flexibility index (Phi) is 17.8. The number of fused-ring (bicyclic) bond motifs is 1. The maximum absolute atomic E-state index is 14.1. The number of carbonyl (C=O) groups excluding carboxylic acids is 5. The molecule has 0 radical (unpaired) electrons. The van der Waals surface area contributed by atoms with Gasteiger partial charge in [-0.15, -0.1) is 0 Å². The fourth-order valence-electron chi connectivity index (χ4n) is 11.6. The number of nitrogens with one attached hydrogen (secondary N) is 3. The van der Waals surface area contributed by atoms with Gasteiger partial charge in [-0.25, -0.2) is 9.97 Å². The van der Waals surface area contributed by atoms with Crippen molar-refractivity contribution in [3.05, 3.63) is 60.2 Å². The normalized spacial score (nSPS) is 26.3. The summed E-state index contributed by atoms with van der Waals surface area (Å²) in [6.45, 7) is 9.08. The summed E-state index contributed by atoms with van der Waals surface area (Å²) in [4.78, 5) is 89.4. The Bertz CT molecular complexity index is 2380. The summed E-state index contributed by atoms with van der Waals surface area (Å²) in [5.41, 5.74) is 0.347. The predicted molar refractivity (Wildman–Crippen MR) is 266 cm³/mol. The van der Waals surface area contributed by atoms with Crippen LogP contribution < -0.4 is 16.0 Å². The van der Waals surface area contributed by atoms with Gasteiger partial charge in [0.25, 0.3) is 0 Å². The Morgan fingerprint density at radius 3 is 2.36 bits per heavy atom. The van der Waals surface area contributed by atoms with Crippen molar-refractivity contribution in [3.63, 3.8) is 0 Å². The zero-order valence-corrected chi connectivity index (χ0v) is 42.5. The number of ether oxygens (including phenoxy) is 2. The first-order chi connectivity index (χ1) is 35.1. The van der Waals surface area contributed by atoms with Gasteiger partial charge in [0.2, 0.25) is 29.5 Å². The quantitative estimate of drug-likeness (QED) is 0.144. The van der Waals surface area contributed by atoms with E-state index in [1.807, 2.05) is 15.9 Å². The van der Waals surface area contributed by atoms with Crippen molar-refractivity contribution < 1.29 is 46.6 Å². The minimum atomic E-state index is -4.54. The summed E-state index contributed by atoms with van der Waals surface area (Å²) >= 11 is 0. The van der Waals surface area contributed by atoms with Gasteiger partial charge in [-0.05, 0) is 102 Å². The maximum Gasteiger partial charge on any atom is 0.416 e. The second kappa shape index (κ2) is 24.2. The third-order valence-corrected chi connectivity index (χ3v) is 16.0. The average Bonchev–Trinajstić information content (AvgIpc) is 3.91. The van der Waals surface area contributed by atoms with Gasteiger partial charge in [0, 0.05) is 94.6 Å². The summed E-state index contributed by atoms with van der Waals surface area (Å²) in [7, 11) is 3.81. The summed E-state index contributed by atoms with van der Waals surface area (Å²) in [6.07, 6.45) is 6.49. The molecule has 3 aliphatic heterocycles. The van der Waals surface area contributed by atoms with Crippen LogP contribution in [0.3, 0.4) is 0 Å². The van der Waals surface area contributed by atoms with Crippen LogP contribution in [0.5, 0.6) is 0 Å². The Morgan fingerprint density at radius 2 is 1.64 bits per heavy atom. The maximum atomic E-state index is 14.1. The number of piperazine rings is 1. The Hall–Kier alpha value is -5.51. The number of alkyl halides is 3. The second-order valence-corrected chi connectivity index (χ2v) is 20.6. The number of carbonyl (C=O) groups is 5. The van der Waals surface area contributed by atoms with E-state index in [4.69, 9.17) is 9.47 Å². The molecule has 3 aromatic rings. The number of hydrogen-bond donors (Lipinski definition) is 3. The van der Waals surface area contributed by atoms with Crippen LogP contribution in [0.2, 0.25) is 0 Å². The number of rotatable bonds is 19. The van der Waals surface area contributed by atoms with Crippen LogP contribution in [0.25, 0.3) is 10.9 Å². The number of benzene rings is 1. The molecule has 398 valence electrons. The number of amides is 5. The van der Waals surface area contributed by atoms with Gasteiger partial charge in [-0.1, -0.05) is 6.07 Å². The van der Waals surface area contributed by atoms with Crippen molar-refractivity contribution in [2.24, 2.45) is 11.8 Å². The summed E-state index contributed by atoms with van der Waals surface area (Å²) in [5.74, 6) is -0.836. The first-order valence-electron chi connectivity index (χ1n) is 26.1. The SMILES string of the molecule is CC(C)N(C)[C@@H]1CC[C@H](N2CC[C@H](Nc3ncnc4ccc(C(F)(F)F)cc34)C2=O)[C@H](NC(=O)C2CCC(N3CCN(C(=O)CCOCCOCCNC(=O)[C@H]4CC(=O)N(C)[C@@H]4c4cccnc4)CC3)CC2)C1. The van der Waals surface area contributed by atoms with Gasteiger partial charge in [0.05, 0.1) is 68.0 Å². The van der Waals surface area contributed by atoms with Gasteiger partial charge in [-0.3, -0.25) is 33.9 Å². The smallest absolute Gasteiger partial charge is 0.379 e. The fourth-order valence-corrected chi connectivity index (χ4v) is 11.6. The van der Waals surface area contributed by atoms with Gasteiger partial charge in [0.15, 0.2) is 0 Å². The highest BCUT2D eigenvalue weighted by atomic mass is 19.4. The molecule has 0 unspecified atom stereocenters. The molecule has 1 aromatic carbocycles. The highest BCUT2D eigenvalue weighted by Gasteiger charge is 2.45. The number of nitrogens with zero attached hydrogens (tertiary/aromatic N) is 8. The number of anilines is 1. The molecule has 2 aromatic heterocycles. The van der Waals surface area contributed by atoms with Crippen molar-refractivity contribution >= 4 is 46.3 Å². The molecule has 0 bridgehead atoms. The van der Waals surface area contributed by atoms with Crippen molar-refractivity contribution in [1.82, 2.24) is 50.1 Å². The van der Waals surface area contributed by atoms with Gasteiger partial charge >= 0.3 is 6.18 Å². The Balaban J connectivity index is 0.732. The van der Waals surface area contributed by atoms with Crippen molar-refractivity contribution in [1.29, 1.82) is 0 Å².